The van der Waals surface area contributed by atoms with E-state index >= 15 is 4.39 Å². The summed E-state index contributed by atoms with van der Waals surface area (Å²) in [6, 6.07) is 5.54. The summed E-state index contributed by atoms with van der Waals surface area (Å²) in [5.74, 6) is -1.67. The van der Waals surface area contributed by atoms with Gasteiger partial charge in [-0.25, -0.2) is 13.8 Å². The van der Waals surface area contributed by atoms with Crippen LogP contribution in [0, 0.1) is 11.6 Å². The first-order valence-corrected chi connectivity index (χ1v) is 14.2. The van der Waals surface area contributed by atoms with Crippen molar-refractivity contribution in [2.75, 3.05) is 26.9 Å². The normalized spacial score (nSPS) is 14.8. The van der Waals surface area contributed by atoms with Gasteiger partial charge in [0.2, 0.25) is 5.91 Å². The third-order valence-corrected chi connectivity index (χ3v) is 8.29. The first-order valence-electron chi connectivity index (χ1n) is 13.3. The Morgan fingerprint density at radius 2 is 2.02 bits per heavy atom. The van der Waals surface area contributed by atoms with Crippen molar-refractivity contribution >= 4 is 27.3 Å². The summed E-state index contributed by atoms with van der Waals surface area (Å²) in [5, 5.41) is 11.9. The van der Waals surface area contributed by atoms with Crippen molar-refractivity contribution in [1.82, 2.24) is 29.4 Å². The van der Waals surface area contributed by atoms with Crippen LogP contribution in [-0.2, 0) is 23.1 Å². The number of halogens is 2. The molecular weight excluding hydrogens is 562 g/mol. The summed E-state index contributed by atoms with van der Waals surface area (Å²) in [6.45, 7) is 6.83. The molecule has 6 rings (SSSR count). The molecule has 1 aliphatic rings. The number of aryl methyl sites for hydroxylation is 1. The molecule has 216 valence electrons. The van der Waals surface area contributed by atoms with E-state index in [9.17, 15) is 9.18 Å². The zero-order valence-electron chi connectivity index (χ0n) is 23.3. The van der Waals surface area contributed by atoms with Crippen molar-refractivity contribution in [3.05, 3.63) is 72.0 Å². The number of thiophene rings is 1. The minimum absolute atomic E-state index is 0.0384. The molecule has 0 unspecified atom stereocenters. The lowest BCUT2D eigenvalue weighted by molar-refractivity contribution is -0.129. The average Bonchev–Trinajstić information content (AvgIpc) is 3.72. The number of nitrogens with zero attached hydrogens (tertiary/aromatic N) is 6. The summed E-state index contributed by atoms with van der Waals surface area (Å²) in [5.41, 5.74) is 3.68. The monoisotopic (exact) mass is 590 g/mol. The topological polar surface area (TPSA) is 87.3 Å². The van der Waals surface area contributed by atoms with E-state index in [0.29, 0.717) is 35.7 Å². The number of hydrogen-bond donors (Lipinski definition) is 0. The summed E-state index contributed by atoms with van der Waals surface area (Å²) in [6.07, 6.45) is 4.88. The summed E-state index contributed by atoms with van der Waals surface area (Å²) in [4.78, 5) is 19.3. The lowest BCUT2D eigenvalue weighted by atomic mass is 9.97. The van der Waals surface area contributed by atoms with Gasteiger partial charge in [-0.1, -0.05) is 6.58 Å². The maximum atomic E-state index is 15.9. The minimum Gasteiger partial charge on any atom is -0.490 e. The maximum Gasteiger partial charge on any atom is 0.246 e. The second-order valence-electron chi connectivity index (χ2n) is 9.94. The van der Waals surface area contributed by atoms with Gasteiger partial charge in [-0.3, -0.25) is 14.2 Å². The highest BCUT2D eigenvalue weighted by Crippen LogP contribution is 2.47. The molecule has 0 spiro atoms. The van der Waals surface area contributed by atoms with E-state index in [1.54, 1.807) is 15.8 Å². The van der Waals surface area contributed by atoms with Gasteiger partial charge in [0.1, 0.15) is 35.4 Å². The van der Waals surface area contributed by atoms with Crippen molar-refractivity contribution in [3.8, 4) is 39.5 Å². The number of pyridine rings is 1. The van der Waals surface area contributed by atoms with E-state index in [4.69, 9.17) is 19.6 Å². The second-order valence-corrected chi connectivity index (χ2v) is 10.9. The molecule has 1 aromatic carbocycles. The Morgan fingerprint density at radius 1 is 1.19 bits per heavy atom. The number of amides is 1. The van der Waals surface area contributed by atoms with Crippen LogP contribution >= 0.6 is 11.3 Å². The Kier molecular flexibility index (Phi) is 7.33. The van der Waals surface area contributed by atoms with E-state index < -0.39 is 11.6 Å². The predicted molar refractivity (Wildman–Crippen MR) is 156 cm³/mol. The highest BCUT2D eigenvalue weighted by Gasteiger charge is 2.31. The van der Waals surface area contributed by atoms with E-state index in [1.807, 2.05) is 42.4 Å². The maximum absolute atomic E-state index is 15.9. The van der Waals surface area contributed by atoms with Crippen LogP contribution in [0.1, 0.15) is 18.7 Å². The molecule has 5 aromatic rings. The Hall–Kier alpha value is -4.42. The van der Waals surface area contributed by atoms with E-state index in [0.717, 1.165) is 27.4 Å². The number of fused-ring (bicyclic) bond motifs is 2. The van der Waals surface area contributed by atoms with Gasteiger partial charge in [0.25, 0.3) is 0 Å². The third-order valence-electron chi connectivity index (χ3n) is 7.36. The van der Waals surface area contributed by atoms with Crippen LogP contribution in [0.5, 0.6) is 5.75 Å². The molecule has 1 amide bonds. The second kappa shape index (κ2) is 11.1. The smallest absolute Gasteiger partial charge is 0.246 e. The van der Waals surface area contributed by atoms with Gasteiger partial charge in [-0.2, -0.15) is 10.2 Å². The molecule has 0 N–H and O–H groups in total. The summed E-state index contributed by atoms with van der Waals surface area (Å²) >= 11 is 1.42. The minimum atomic E-state index is -0.783. The van der Waals surface area contributed by atoms with E-state index in [-0.39, 0.29) is 36.5 Å². The fourth-order valence-electron chi connectivity index (χ4n) is 5.38. The van der Waals surface area contributed by atoms with Gasteiger partial charge in [-0.15, -0.1) is 11.3 Å². The molecule has 1 atom stereocenters. The lowest BCUT2D eigenvalue weighted by Gasteiger charge is -2.33. The van der Waals surface area contributed by atoms with Crippen LogP contribution in [0.3, 0.4) is 0 Å². The Labute approximate surface area is 244 Å². The number of rotatable bonds is 8. The molecule has 12 heteroatoms. The Morgan fingerprint density at radius 3 is 2.76 bits per heavy atom. The molecular formula is C30H28F2N6O3S. The number of carbonyl (C=O) groups excluding carboxylic acids is 1. The van der Waals surface area contributed by atoms with Crippen LogP contribution in [0.25, 0.3) is 43.9 Å². The largest absolute Gasteiger partial charge is 0.490 e. The summed E-state index contributed by atoms with van der Waals surface area (Å²) < 4.78 is 45.6. The molecule has 0 saturated carbocycles. The van der Waals surface area contributed by atoms with E-state index in [1.165, 1.54) is 30.6 Å². The van der Waals surface area contributed by atoms with Crippen molar-refractivity contribution in [1.29, 1.82) is 0 Å². The highest BCUT2D eigenvalue weighted by atomic mass is 32.1. The van der Waals surface area contributed by atoms with Gasteiger partial charge in [0, 0.05) is 60.2 Å². The molecule has 0 fully saturated rings. The molecule has 0 saturated heterocycles. The third kappa shape index (κ3) is 4.76. The van der Waals surface area contributed by atoms with Crippen LogP contribution in [-0.4, -0.2) is 62.2 Å². The molecule has 0 radical (unpaired) electrons. The highest BCUT2D eigenvalue weighted by molar-refractivity contribution is 7.18. The van der Waals surface area contributed by atoms with Crippen molar-refractivity contribution in [3.63, 3.8) is 0 Å². The van der Waals surface area contributed by atoms with Crippen molar-refractivity contribution < 1.29 is 23.0 Å². The number of aromatic nitrogens is 5. The number of ether oxygens (including phenoxy) is 2. The first kappa shape index (κ1) is 27.7. The number of hydrogen-bond acceptors (Lipinski definition) is 7. The molecule has 0 aliphatic carbocycles. The quantitative estimate of drug-likeness (QED) is 0.172. The standard InChI is InChI=1S/C30H28F2N6O3S/c1-5-25(39)37-7-8-38-23(17(37)2)14-22(35-38)29-27(26-21(32)12-19(31)13-24(26)41-10-9-40-4)30-20(6-11-42-30)28(34-29)18-15-33-36(3)16-18/h5-6,11-17H,1,7-10H2,2-4H3/t17-/m0/s1. The average molecular weight is 591 g/mol. The molecule has 0 bridgehead atoms. The number of benzene rings is 1. The Balaban J connectivity index is 1.63. The molecule has 9 nitrogen and oxygen atoms in total. The first-order chi connectivity index (χ1) is 20.3. The Bertz CT molecular complexity index is 1830. The number of carbonyl (C=O) groups is 1. The van der Waals surface area contributed by atoms with Crippen molar-refractivity contribution in [2.45, 2.75) is 19.5 Å². The molecule has 42 heavy (non-hydrogen) atoms. The van der Waals surface area contributed by atoms with Crippen LogP contribution in [0.4, 0.5) is 8.78 Å². The van der Waals surface area contributed by atoms with Gasteiger partial charge in [-0.05, 0) is 30.5 Å². The van der Waals surface area contributed by atoms with Gasteiger partial charge in [0.05, 0.1) is 42.3 Å². The van der Waals surface area contributed by atoms with Gasteiger partial charge in [0.15, 0.2) is 0 Å². The predicted octanol–water partition coefficient (Wildman–Crippen LogP) is 5.62. The molecule has 5 heterocycles. The van der Waals surface area contributed by atoms with Crippen LogP contribution < -0.4 is 4.74 Å². The zero-order chi connectivity index (χ0) is 29.5. The van der Waals surface area contributed by atoms with E-state index in [2.05, 4.69) is 11.7 Å². The van der Waals surface area contributed by atoms with Crippen LogP contribution in [0.15, 0.2) is 54.7 Å². The fourth-order valence-corrected chi connectivity index (χ4v) is 6.33. The fraction of sp³-hybridized carbons (Fsp3) is 0.267. The van der Waals surface area contributed by atoms with Crippen molar-refractivity contribution in [2.24, 2.45) is 7.05 Å². The lowest BCUT2D eigenvalue weighted by Crippen LogP contribution is -2.40. The van der Waals surface area contributed by atoms with Gasteiger partial charge >= 0.3 is 0 Å². The molecule has 1 aliphatic heterocycles. The number of methoxy groups -OCH3 is 1. The summed E-state index contributed by atoms with van der Waals surface area (Å²) in [7, 11) is 3.35. The zero-order valence-corrected chi connectivity index (χ0v) is 24.1. The molecule has 4 aromatic heterocycles. The van der Waals surface area contributed by atoms with Gasteiger partial charge < -0.3 is 14.4 Å². The SMILES string of the molecule is C=CC(=O)N1CCn2nc(-c3nc(-c4cnn(C)c4)c4ccsc4c3-c3c(F)cc(F)cc3OCCOC)cc2[C@@H]1C. The van der Waals surface area contributed by atoms with Crippen LogP contribution in [0.2, 0.25) is 0 Å².